The van der Waals surface area contributed by atoms with Crippen molar-refractivity contribution >= 4 is 22.2 Å². The molecule has 0 aliphatic carbocycles. The molecule has 3 aromatic rings. The number of rotatable bonds is 2. The molecule has 0 saturated heterocycles. The molecule has 2 heteroatoms. The van der Waals surface area contributed by atoms with E-state index in [0.717, 1.165) is 27.9 Å². The summed E-state index contributed by atoms with van der Waals surface area (Å²) in [5.41, 5.74) is 3.35. The predicted molar refractivity (Wildman–Crippen MR) is 103 cm³/mol. The Hall–Kier alpha value is -2.61. The first-order valence-electron chi connectivity index (χ1n) is 8.24. The number of hydrogen-bond acceptors (Lipinski definition) is 2. The van der Waals surface area contributed by atoms with Crippen LogP contribution in [0, 0.1) is 0 Å². The van der Waals surface area contributed by atoms with Crippen molar-refractivity contribution in [2.45, 2.75) is 33.1 Å². The summed E-state index contributed by atoms with van der Waals surface area (Å²) in [4.78, 5) is 4.80. The molecule has 0 aliphatic heterocycles. The summed E-state index contributed by atoms with van der Waals surface area (Å²) in [7, 11) is 0. The van der Waals surface area contributed by atoms with Gasteiger partial charge in [0.2, 0.25) is 0 Å². The van der Waals surface area contributed by atoms with Crippen LogP contribution in [0.2, 0.25) is 0 Å². The van der Waals surface area contributed by atoms with E-state index >= 15 is 0 Å². The van der Waals surface area contributed by atoms with Gasteiger partial charge in [-0.05, 0) is 35.4 Å². The van der Waals surface area contributed by atoms with Gasteiger partial charge in [-0.15, -0.1) is 0 Å². The smallest absolute Gasteiger partial charge is 0.128 e. The molecule has 122 valence electrons. The molecule has 0 atom stereocenters. The average molecular weight is 317 g/mol. The van der Waals surface area contributed by atoms with Crippen molar-refractivity contribution in [1.82, 2.24) is 0 Å². The fourth-order valence-electron chi connectivity index (χ4n) is 2.99. The zero-order valence-corrected chi connectivity index (χ0v) is 14.7. The summed E-state index contributed by atoms with van der Waals surface area (Å²) >= 11 is 0. The molecule has 0 aliphatic rings. The third kappa shape index (κ3) is 3.05. The summed E-state index contributed by atoms with van der Waals surface area (Å²) in [6.45, 7) is 8.25. The largest absolute Gasteiger partial charge is 0.507 e. The lowest BCUT2D eigenvalue weighted by atomic mass is 9.85. The molecule has 0 aromatic heterocycles. The van der Waals surface area contributed by atoms with E-state index in [-0.39, 0.29) is 5.41 Å². The lowest BCUT2D eigenvalue weighted by Crippen LogP contribution is -2.12. The Morgan fingerprint density at radius 3 is 2.29 bits per heavy atom. The van der Waals surface area contributed by atoms with Gasteiger partial charge in [0.15, 0.2) is 0 Å². The van der Waals surface area contributed by atoms with Gasteiger partial charge in [0, 0.05) is 16.7 Å². The van der Waals surface area contributed by atoms with E-state index in [1.54, 1.807) is 0 Å². The molecule has 0 amide bonds. The number of para-hydroxylation sites is 1. The molecule has 0 spiro atoms. The van der Waals surface area contributed by atoms with Gasteiger partial charge in [-0.1, -0.05) is 69.3 Å². The van der Waals surface area contributed by atoms with Gasteiger partial charge in [0.05, 0.1) is 5.69 Å². The topological polar surface area (TPSA) is 32.6 Å². The third-order valence-electron chi connectivity index (χ3n) is 4.29. The van der Waals surface area contributed by atoms with Crippen LogP contribution in [0.4, 0.5) is 5.69 Å². The van der Waals surface area contributed by atoms with Gasteiger partial charge in [-0.2, -0.15) is 0 Å². The number of phenolic OH excluding ortho intramolecular Hbond substituents is 1. The van der Waals surface area contributed by atoms with Crippen LogP contribution in [-0.4, -0.2) is 10.8 Å². The van der Waals surface area contributed by atoms with E-state index in [0.29, 0.717) is 5.75 Å². The second-order valence-corrected chi connectivity index (χ2v) is 7.15. The minimum Gasteiger partial charge on any atom is -0.507 e. The number of benzene rings is 3. The minimum atomic E-state index is -0.111. The van der Waals surface area contributed by atoms with Crippen LogP contribution in [0.5, 0.6) is 5.75 Å². The molecule has 2 nitrogen and oxygen atoms in total. The Labute approximate surface area is 143 Å². The first-order valence-corrected chi connectivity index (χ1v) is 8.24. The Morgan fingerprint density at radius 1 is 0.875 bits per heavy atom. The van der Waals surface area contributed by atoms with E-state index in [2.05, 4.69) is 39.0 Å². The number of fused-ring (bicyclic) bond motifs is 1. The molecule has 0 radical (unpaired) electrons. The second-order valence-electron chi connectivity index (χ2n) is 7.15. The lowest BCUT2D eigenvalue weighted by Gasteiger charge is -2.21. The number of phenols is 1. The quantitative estimate of drug-likeness (QED) is 0.579. The molecule has 0 bridgehead atoms. The molecular formula is C22H23NO. The average Bonchev–Trinajstić information content (AvgIpc) is 2.54. The van der Waals surface area contributed by atoms with Crippen LogP contribution in [-0.2, 0) is 5.41 Å². The molecule has 24 heavy (non-hydrogen) atoms. The fourth-order valence-corrected chi connectivity index (χ4v) is 2.99. The van der Waals surface area contributed by atoms with Gasteiger partial charge >= 0.3 is 0 Å². The maximum atomic E-state index is 10.7. The molecule has 3 rings (SSSR count). The summed E-state index contributed by atoms with van der Waals surface area (Å²) in [5, 5.41) is 13.0. The van der Waals surface area contributed by atoms with Gasteiger partial charge in [-0.25, -0.2) is 0 Å². The summed E-state index contributed by atoms with van der Waals surface area (Å²) in [6, 6.07) is 20.2. The van der Waals surface area contributed by atoms with Crippen molar-refractivity contribution in [2.24, 2.45) is 4.99 Å². The van der Waals surface area contributed by atoms with Crippen molar-refractivity contribution < 1.29 is 5.11 Å². The Balaban J connectivity index is 2.12. The lowest BCUT2D eigenvalue weighted by molar-refractivity contribution is 0.445. The first kappa shape index (κ1) is 16.3. The summed E-state index contributed by atoms with van der Waals surface area (Å²) in [5.74, 6) is 0.325. The van der Waals surface area contributed by atoms with E-state index in [1.165, 1.54) is 5.39 Å². The van der Waals surface area contributed by atoms with E-state index < -0.39 is 0 Å². The van der Waals surface area contributed by atoms with E-state index in [1.807, 2.05) is 49.4 Å². The Bertz CT molecular complexity index is 911. The standard InChI is InChI=1S/C22H23NO/c1-15(17-12-8-13-19(21(17)24)22(2,3)4)23-20-14-7-10-16-9-5-6-11-18(16)20/h5-14,24H,1-4H3. The van der Waals surface area contributed by atoms with E-state index in [9.17, 15) is 5.11 Å². The van der Waals surface area contributed by atoms with Crippen LogP contribution < -0.4 is 0 Å². The number of aliphatic imine (C=N–C) groups is 1. The Kier molecular flexibility index (Phi) is 4.15. The van der Waals surface area contributed by atoms with Gasteiger partial charge in [0.25, 0.3) is 0 Å². The first-order chi connectivity index (χ1) is 11.4. The number of aromatic hydroxyl groups is 1. The van der Waals surface area contributed by atoms with Crippen LogP contribution in [0.25, 0.3) is 10.8 Å². The zero-order chi connectivity index (χ0) is 17.3. The van der Waals surface area contributed by atoms with Crippen molar-refractivity contribution in [2.75, 3.05) is 0 Å². The summed E-state index contributed by atoms with van der Waals surface area (Å²) in [6.07, 6.45) is 0. The molecule has 0 saturated carbocycles. The van der Waals surface area contributed by atoms with Crippen molar-refractivity contribution in [3.8, 4) is 5.75 Å². The molecule has 1 N–H and O–H groups in total. The third-order valence-corrected chi connectivity index (χ3v) is 4.29. The van der Waals surface area contributed by atoms with Crippen LogP contribution in [0.15, 0.2) is 65.7 Å². The molecule has 0 heterocycles. The fraction of sp³-hybridized carbons (Fsp3) is 0.227. The van der Waals surface area contributed by atoms with Gasteiger partial charge < -0.3 is 5.11 Å². The van der Waals surface area contributed by atoms with Gasteiger partial charge in [-0.3, -0.25) is 4.99 Å². The monoisotopic (exact) mass is 317 g/mol. The summed E-state index contributed by atoms with van der Waals surface area (Å²) < 4.78 is 0. The zero-order valence-electron chi connectivity index (χ0n) is 14.7. The highest BCUT2D eigenvalue weighted by atomic mass is 16.3. The maximum absolute atomic E-state index is 10.7. The normalized spacial score (nSPS) is 12.6. The minimum absolute atomic E-state index is 0.111. The highest BCUT2D eigenvalue weighted by Gasteiger charge is 2.20. The van der Waals surface area contributed by atoms with Crippen LogP contribution in [0.1, 0.15) is 38.8 Å². The van der Waals surface area contributed by atoms with Crippen LogP contribution >= 0.6 is 0 Å². The molecule has 0 unspecified atom stereocenters. The second kappa shape index (κ2) is 6.12. The van der Waals surface area contributed by atoms with Crippen molar-refractivity contribution in [3.05, 3.63) is 71.8 Å². The van der Waals surface area contributed by atoms with Gasteiger partial charge in [0.1, 0.15) is 5.75 Å². The van der Waals surface area contributed by atoms with E-state index in [4.69, 9.17) is 4.99 Å². The molecule has 0 fully saturated rings. The van der Waals surface area contributed by atoms with Crippen LogP contribution in [0.3, 0.4) is 0 Å². The Morgan fingerprint density at radius 2 is 1.54 bits per heavy atom. The predicted octanol–water partition coefficient (Wildman–Crippen LogP) is 5.98. The van der Waals surface area contributed by atoms with Crippen molar-refractivity contribution in [1.29, 1.82) is 0 Å². The molecular weight excluding hydrogens is 294 g/mol. The SMILES string of the molecule is CC(=Nc1cccc2ccccc12)c1cccc(C(C)(C)C)c1O. The number of nitrogens with zero attached hydrogens (tertiary/aromatic N) is 1. The highest BCUT2D eigenvalue weighted by Crippen LogP contribution is 2.34. The number of hydrogen-bond donors (Lipinski definition) is 1. The highest BCUT2D eigenvalue weighted by molar-refractivity contribution is 6.05. The maximum Gasteiger partial charge on any atom is 0.128 e. The van der Waals surface area contributed by atoms with Crippen molar-refractivity contribution in [3.63, 3.8) is 0 Å². The molecule has 3 aromatic carbocycles.